The maximum atomic E-state index is 11.6. The molecule has 7 heteroatoms. The largest absolute Gasteiger partial charge is 0.481 e. The van der Waals surface area contributed by atoms with E-state index in [1.54, 1.807) is 6.92 Å². The van der Waals surface area contributed by atoms with E-state index in [0.717, 1.165) is 0 Å². The topological polar surface area (TPSA) is 113 Å². The van der Waals surface area contributed by atoms with E-state index in [4.69, 9.17) is 10.8 Å². The van der Waals surface area contributed by atoms with Gasteiger partial charge in [-0.1, -0.05) is 6.92 Å². The van der Waals surface area contributed by atoms with Crippen molar-refractivity contribution in [3.63, 3.8) is 0 Å². The van der Waals surface area contributed by atoms with E-state index in [-0.39, 0.29) is 24.9 Å². The monoisotopic (exact) mass is 259 g/mol. The number of hydrogen-bond acceptors (Lipinski definition) is 3. The lowest BCUT2D eigenvalue weighted by molar-refractivity contribution is -0.137. The van der Waals surface area contributed by atoms with Crippen LogP contribution in [-0.4, -0.2) is 47.5 Å². The first-order valence-electron chi connectivity index (χ1n) is 5.89. The van der Waals surface area contributed by atoms with Gasteiger partial charge in [0.05, 0.1) is 0 Å². The van der Waals surface area contributed by atoms with Gasteiger partial charge in [0, 0.05) is 19.5 Å². The van der Waals surface area contributed by atoms with Crippen LogP contribution in [0, 0.1) is 5.92 Å². The van der Waals surface area contributed by atoms with Gasteiger partial charge in [0.15, 0.2) is 0 Å². The molecule has 0 aromatic carbocycles. The van der Waals surface area contributed by atoms with E-state index < -0.39 is 11.9 Å². The van der Waals surface area contributed by atoms with Gasteiger partial charge in [0.1, 0.15) is 6.54 Å². The molecule has 0 aliphatic rings. The molecule has 0 aromatic rings. The Kier molecular flexibility index (Phi) is 7.50. The Morgan fingerprint density at radius 1 is 1.39 bits per heavy atom. The van der Waals surface area contributed by atoms with Gasteiger partial charge < -0.3 is 21.1 Å². The fraction of sp³-hybridized carbons (Fsp3) is 0.727. The van der Waals surface area contributed by atoms with Crippen LogP contribution in [-0.2, 0) is 9.59 Å². The van der Waals surface area contributed by atoms with E-state index in [1.807, 2.05) is 6.92 Å². The standard InChI is InChI=1S/C11H21N3O4/c1-3-14(7-9(12)15)11(18)13-6-8(2)4-5-10(16)17/h8H,3-7H2,1-2H3,(H2,12,15)(H,13,18)(H,16,17). The Hall–Kier alpha value is -1.79. The fourth-order valence-corrected chi connectivity index (χ4v) is 1.36. The zero-order valence-electron chi connectivity index (χ0n) is 10.8. The van der Waals surface area contributed by atoms with Crippen LogP contribution in [0.15, 0.2) is 0 Å². The highest BCUT2D eigenvalue weighted by atomic mass is 16.4. The molecule has 1 atom stereocenters. The van der Waals surface area contributed by atoms with Crippen molar-refractivity contribution in [1.29, 1.82) is 0 Å². The van der Waals surface area contributed by atoms with Gasteiger partial charge in [-0.25, -0.2) is 4.79 Å². The molecule has 0 aromatic heterocycles. The van der Waals surface area contributed by atoms with Crippen molar-refractivity contribution >= 4 is 17.9 Å². The summed E-state index contributed by atoms with van der Waals surface area (Å²) in [6.07, 6.45) is 0.577. The molecule has 104 valence electrons. The van der Waals surface area contributed by atoms with Crippen LogP contribution in [0.1, 0.15) is 26.7 Å². The number of hydrogen-bond donors (Lipinski definition) is 3. The minimum Gasteiger partial charge on any atom is -0.481 e. The third kappa shape index (κ3) is 7.48. The van der Waals surface area contributed by atoms with Gasteiger partial charge in [0.25, 0.3) is 0 Å². The van der Waals surface area contributed by atoms with E-state index in [9.17, 15) is 14.4 Å². The van der Waals surface area contributed by atoms with Crippen molar-refractivity contribution in [3.05, 3.63) is 0 Å². The van der Waals surface area contributed by atoms with Crippen LogP contribution in [0.25, 0.3) is 0 Å². The molecule has 3 amide bonds. The second-order valence-corrected chi connectivity index (χ2v) is 4.20. The quantitative estimate of drug-likeness (QED) is 0.569. The highest BCUT2D eigenvalue weighted by Gasteiger charge is 2.14. The van der Waals surface area contributed by atoms with Gasteiger partial charge in [-0.15, -0.1) is 0 Å². The molecule has 0 bridgehead atoms. The lowest BCUT2D eigenvalue weighted by Gasteiger charge is -2.21. The van der Waals surface area contributed by atoms with Crippen LogP contribution in [0.3, 0.4) is 0 Å². The molecule has 0 rings (SSSR count). The molecule has 0 saturated heterocycles. The van der Waals surface area contributed by atoms with Crippen LogP contribution >= 0.6 is 0 Å². The molecule has 1 unspecified atom stereocenters. The van der Waals surface area contributed by atoms with Crippen molar-refractivity contribution in [3.8, 4) is 0 Å². The fourth-order valence-electron chi connectivity index (χ4n) is 1.36. The van der Waals surface area contributed by atoms with Crippen LogP contribution in [0.4, 0.5) is 4.79 Å². The van der Waals surface area contributed by atoms with Crippen molar-refractivity contribution < 1.29 is 19.5 Å². The molecule has 7 nitrogen and oxygen atoms in total. The molecular formula is C11H21N3O4. The predicted molar refractivity (Wildman–Crippen MR) is 65.9 cm³/mol. The predicted octanol–water partition coefficient (Wildman–Crippen LogP) is 0.00410. The summed E-state index contributed by atoms with van der Waals surface area (Å²) in [6, 6.07) is -0.363. The number of carboxylic acids is 1. The Morgan fingerprint density at radius 2 is 2.00 bits per heavy atom. The summed E-state index contributed by atoms with van der Waals surface area (Å²) in [5, 5.41) is 11.2. The minimum atomic E-state index is -0.850. The summed E-state index contributed by atoms with van der Waals surface area (Å²) in [5.74, 6) is -1.35. The molecule has 0 fully saturated rings. The number of rotatable bonds is 8. The number of nitrogens with one attached hydrogen (secondary N) is 1. The normalized spacial score (nSPS) is 11.7. The van der Waals surface area contributed by atoms with Gasteiger partial charge in [-0.05, 0) is 19.3 Å². The first-order valence-corrected chi connectivity index (χ1v) is 5.89. The first kappa shape index (κ1) is 16.2. The molecular weight excluding hydrogens is 238 g/mol. The van der Waals surface area contributed by atoms with Gasteiger partial charge in [-0.3, -0.25) is 9.59 Å². The van der Waals surface area contributed by atoms with E-state index in [1.165, 1.54) is 4.90 Å². The number of carboxylic acid groups (broad SMARTS) is 1. The zero-order chi connectivity index (χ0) is 14.1. The number of urea groups is 1. The van der Waals surface area contributed by atoms with Gasteiger partial charge in [0.2, 0.25) is 5.91 Å². The Balaban J connectivity index is 3.99. The molecule has 0 aliphatic heterocycles. The highest BCUT2D eigenvalue weighted by Crippen LogP contribution is 2.04. The number of likely N-dealkylation sites (N-methyl/N-ethyl adjacent to an activating group) is 1. The third-order valence-electron chi connectivity index (χ3n) is 2.47. The average Bonchev–Trinajstić information content (AvgIpc) is 2.29. The first-order chi connectivity index (χ1) is 8.36. The van der Waals surface area contributed by atoms with Crippen molar-refractivity contribution in [1.82, 2.24) is 10.2 Å². The summed E-state index contributed by atoms with van der Waals surface area (Å²) >= 11 is 0. The molecule has 0 spiro atoms. The Bertz CT molecular complexity index is 307. The number of aliphatic carboxylic acids is 1. The van der Waals surface area contributed by atoms with Crippen LogP contribution < -0.4 is 11.1 Å². The molecule has 0 aliphatic carbocycles. The lowest BCUT2D eigenvalue weighted by atomic mass is 10.1. The number of primary amides is 1. The van der Waals surface area contributed by atoms with E-state index in [2.05, 4.69) is 5.32 Å². The van der Waals surface area contributed by atoms with Crippen LogP contribution in [0.2, 0.25) is 0 Å². The second-order valence-electron chi connectivity index (χ2n) is 4.20. The maximum Gasteiger partial charge on any atom is 0.317 e. The number of carbonyl (C=O) groups is 3. The average molecular weight is 259 g/mol. The molecule has 0 radical (unpaired) electrons. The summed E-state index contributed by atoms with van der Waals surface area (Å²) in [4.78, 5) is 34.0. The SMILES string of the molecule is CCN(CC(N)=O)C(=O)NCC(C)CCC(=O)O. The van der Waals surface area contributed by atoms with Crippen molar-refractivity contribution in [2.75, 3.05) is 19.6 Å². The number of nitrogens with two attached hydrogens (primary N) is 1. The van der Waals surface area contributed by atoms with E-state index >= 15 is 0 Å². The second kappa shape index (κ2) is 8.32. The minimum absolute atomic E-state index is 0.0670. The maximum absolute atomic E-state index is 11.6. The van der Waals surface area contributed by atoms with Gasteiger partial charge in [-0.2, -0.15) is 0 Å². The molecule has 18 heavy (non-hydrogen) atoms. The van der Waals surface area contributed by atoms with Crippen LogP contribution in [0.5, 0.6) is 0 Å². The highest BCUT2D eigenvalue weighted by molar-refractivity contribution is 5.82. The third-order valence-corrected chi connectivity index (χ3v) is 2.47. The molecule has 0 heterocycles. The number of nitrogens with zero attached hydrogens (tertiary/aromatic N) is 1. The summed E-state index contributed by atoms with van der Waals surface area (Å²) in [5.41, 5.74) is 5.02. The summed E-state index contributed by atoms with van der Waals surface area (Å²) in [6.45, 7) is 4.25. The summed E-state index contributed by atoms with van der Waals surface area (Å²) < 4.78 is 0. The Morgan fingerprint density at radius 3 is 2.44 bits per heavy atom. The van der Waals surface area contributed by atoms with Crippen molar-refractivity contribution in [2.24, 2.45) is 11.7 Å². The number of amides is 3. The Labute approximate surface area is 106 Å². The van der Waals surface area contributed by atoms with Gasteiger partial charge >= 0.3 is 12.0 Å². The zero-order valence-corrected chi connectivity index (χ0v) is 10.8. The molecule has 0 saturated carbocycles. The number of carbonyl (C=O) groups excluding carboxylic acids is 2. The summed E-state index contributed by atoms with van der Waals surface area (Å²) in [7, 11) is 0. The lowest BCUT2D eigenvalue weighted by Crippen LogP contribution is -2.45. The molecule has 4 N–H and O–H groups in total. The smallest absolute Gasteiger partial charge is 0.317 e. The van der Waals surface area contributed by atoms with E-state index in [0.29, 0.717) is 19.5 Å². The van der Waals surface area contributed by atoms with Crippen molar-refractivity contribution in [2.45, 2.75) is 26.7 Å².